The zero-order valence-electron chi connectivity index (χ0n) is 7.58. The van der Waals surface area contributed by atoms with Gasteiger partial charge < -0.3 is 10.8 Å². The molecule has 0 saturated carbocycles. The molecule has 0 radical (unpaired) electrons. The van der Waals surface area contributed by atoms with Crippen molar-refractivity contribution >= 4 is 35.0 Å². The Balaban J connectivity index is 3.30. The van der Waals surface area contributed by atoms with Crippen molar-refractivity contribution in [1.29, 1.82) is 0 Å². The van der Waals surface area contributed by atoms with Crippen LogP contribution in [0.5, 0.6) is 0 Å². The first-order chi connectivity index (χ1) is 6.57. The van der Waals surface area contributed by atoms with Gasteiger partial charge in [-0.05, 0) is 17.9 Å². The molecule has 0 amide bonds. The van der Waals surface area contributed by atoms with Crippen LogP contribution in [0.4, 0.5) is 5.69 Å². The van der Waals surface area contributed by atoms with Crippen LogP contribution in [0.3, 0.4) is 0 Å². The van der Waals surface area contributed by atoms with Crippen molar-refractivity contribution in [3.05, 3.63) is 28.3 Å². The third kappa shape index (κ3) is 2.13. The van der Waals surface area contributed by atoms with E-state index in [0.29, 0.717) is 11.3 Å². The second kappa shape index (κ2) is 4.57. The molecule has 0 aromatic heterocycles. The van der Waals surface area contributed by atoms with Gasteiger partial charge in [0, 0.05) is 5.75 Å². The molecule has 1 aromatic carbocycles. The lowest BCUT2D eigenvalue weighted by molar-refractivity contribution is 0.0697. The molecule has 0 bridgehead atoms. The van der Waals surface area contributed by atoms with Crippen molar-refractivity contribution in [2.24, 2.45) is 0 Å². The summed E-state index contributed by atoms with van der Waals surface area (Å²) < 4.78 is 0. The van der Waals surface area contributed by atoms with Gasteiger partial charge in [0.05, 0.1) is 16.3 Å². The molecule has 14 heavy (non-hydrogen) atoms. The number of rotatable bonds is 3. The van der Waals surface area contributed by atoms with Crippen molar-refractivity contribution < 1.29 is 9.90 Å². The Hall–Kier alpha value is -0.870. The topological polar surface area (TPSA) is 63.3 Å². The lowest BCUT2D eigenvalue weighted by Gasteiger charge is -2.08. The Morgan fingerprint density at radius 2 is 2.29 bits per heavy atom. The Labute approximate surface area is 91.2 Å². The van der Waals surface area contributed by atoms with Crippen molar-refractivity contribution in [2.45, 2.75) is 5.75 Å². The molecular formula is C9H10ClNO2S. The van der Waals surface area contributed by atoms with Crippen molar-refractivity contribution in [2.75, 3.05) is 12.0 Å². The number of anilines is 1. The van der Waals surface area contributed by atoms with E-state index in [2.05, 4.69) is 0 Å². The minimum atomic E-state index is -1.03. The highest BCUT2D eigenvalue weighted by atomic mass is 35.5. The van der Waals surface area contributed by atoms with E-state index >= 15 is 0 Å². The number of aromatic carboxylic acids is 1. The molecule has 0 heterocycles. The summed E-state index contributed by atoms with van der Waals surface area (Å²) in [6, 6.07) is 3.31. The lowest BCUT2D eigenvalue weighted by Crippen LogP contribution is -2.07. The maximum absolute atomic E-state index is 10.9. The average molecular weight is 232 g/mol. The Morgan fingerprint density at radius 3 is 2.79 bits per heavy atom. The van der Waals surface area contributed by atoms with Gasteiger partial charge in [0.2, 0.25) is 0 Å². The first kappa shape index (κ1) is 11.2. The Kier molecular flexibility index (Phi) is 3.66. The summed E-state index contributed by atoms with van der Waals surface area (Å²) in [7, 11) is 0. The maximum Gasteiger partial charge on any atom is 0.338 e. The van der Waals surface area contributed by atoms with Gasteiger partial charge in [-0.25, -0.2) is 4.79 Å². The summed E-state index contributed by atoms with van der Waals surface area (Å²) >= 11 is 7.27. The summed E-state index contributed by atoms with van der Waals surface area (Å²) in [4.78, 5) is 10.9. The molecule has 3 N–H and O–H groups in total. The molecule has 3 nitrogen and oxygen atoms in total. The average Bonchev–Trinajstić information content (AvgIpc) is 2.11. The second-order valence-corrected chi connectivity index (χ2v) is 4.01. The van der Waals surface area contributed by atoms with Gasteiger partial charge in [-0.15, -0.1) is 0 Å². The van der Waals surface area contributed by atoms with Crippen LogP contribution in [0.15, 0.2) is 12.1 Å². The van der Waals surface area contributed by atoms with E-state index in [1.54, 1.807) is 12.1 Å². The molecule has 0 saturated heterocycles. The number of thioether (sulfide) groups is 1. The van der Waals surface area contributed by atoms with Gasteiger partial charge in [-0.2, -0.15) is 11.8 Å². The molecule has 0 spiro atoms. The monoisotopic (exact) mass is 231 g/mol. The van der Waals surface area contributed by atoms with E-state index in [-0.39, 0.29) is 16.3 Å². The SMILES string of the molecule is CSCc1ccc(Cl)c(N)c1C(=O)O. The first-order valence-corrected chi connectivity index (χ1v) is 5.64. The van der Waals surface area contributed by atoms with E-state index in [1.807, 2.05) is 6.26 Å². The quantitative estimate of drug-likeness (QED) is 0.785. The number of halogens is 1. The van der Waals surface area contributed by atoms with Crippen molar-refractivity contribution in [3.8, 4) is 0 Å². The number of hydrogen-bond donors (Lipinski definition) is 2. The predicted molar refractivity (Wildman–Crippen MR) is 60.0 cm³/mol. The van der Waals surface area contributed by atoms with Crippen molar-refractivity contribution in [1.82, 2.24) is 0 Å². The van der Waals surface area contributed by atoms with Crippen molar-refractivity contribution in [3.63, 3.8) is 0 Å². The molecule has 76 valence electrons. The molecule has 0 aliphatic carbocycles. The number of nitrogen functional groups attached to an aromatic ring is 1. The van der Waals surface area contributed by atoms with Crippen LogP contribution in [-0.2, 0) is 5.75 Å². The van der Waals surface area contributed by atoms with Gasteiger partial charge >= 0.3 is 5.97 Å². The van der Waals surface area contributed by atoms with Crippen LogP contribution in [-0.4, -0.2) is 17.3 Å². The zero-order chi connectivity index (χ0) is 10.7. The summed E-state index contributed by atoms with van der Waals surface area (Å²) in [6.07, 6.45) is 1.90. The first-order valence-electron chi connectivity index (χ1n) is 3.87. The molecule has 0 fully saturated rings. The van der Waals surface area contributed by atoms with Gasteiger partial charge in [-0.1, -0.05) is 17.7 Å². The van der Waals surface area contributed by atoms with E-state index in [0.717, 1.165) is 0 Å². The number of hydrogen-bond acceptors (Lipinski definition) is 3. The van der Waals surface area contributed by atoms with Crippen LogP contribution in [0.2, 0.25) is 5.02 Å². The normalized spacial score (nSPS) is 10.1. The van der Waals surface area contributed by atoms with Crippen LogP contribution < -0.4 is 5.73 Å². The summed E-state index contributed by atoms with van der Waals surface area (Å²) in [5.41, 5.74) is 6.56. The molecule has 0 unspecified atom stereocenters. The third-order valence-electron chi connectivity index (χ3n) is 1.79. The number of nitrogens with two attached hydrogens (primary N) is 1. The Bertz CT molecular complexity index is 368. The van der Waals surface area contributed by atoms with Crippen LogP contribution >= 0.6 is 23.4 Å². The lowest BCUT2D eigenvalue weighted by atomic mass is 10.1. The predicted octanol–water partition coefficient (Wildman–Crippen LogP) is 2.48. The van der Waals surface area contributed by atoms with Crippen LogP contribution in [0.25, 0.3) is 0 Å². The fourth-order valence-electron chi connectivity index (χ4n) is 1.17. The van der Waals surface area contributed by atoms with Gasteiger partial charge in [0.25, 0.3) is 0 Å². The van der Waals surface area contributed by atoms with E-state index < -0.39 is 5.97 Å². The van der Waals surface area contributed by atoms with E-state index in [9.17, 15) is 4.79 Å². The molecule has 0 aliphatic rings. The zero-order valence-corrected chi connectivity index (χ0v) is 9.15. The molecule has 1 aromatic rings. The third-order valence-corrected chi connectivity index (χ3v) is 2.72. The number of carbonyl (C=O) groups is 1. The summed E-state index contributed by atoms with van der Waals surface area (Å²) in [5, 5.41) is 9.23. The molecule has 5 heteroatoms. The van der Waals surface area contributed by atoms with E-state index in [4.69, 9.17) is 22.4 Å². The van der Waals surface area contributed by atoms with Gasteiger partial charge in [0.1, 0.15) is 0 Å². The van der Waals surface area contributed by atoms with Crippen LogP contribution in [0.1, 0.15) is 15.9 Å². The Morgan fingerprint density at radius 1 is 1.64 bits per heavy atom. The highest BCUT2D eigenvalue weighted by Gasteiger charge is 2.15. The molecule has 1 rings (SSSR count). The minimum Gasteiger partial charge on any atom is -0.478 e. The fraction of sp³-hybridized carbons (Fsp3) is 0.222. The smallest absolute Gasteiger partial charge is 0.338 e. The minimum absolute atomic E-state index is 0.117. The number of carboxylic acid groups (broad SMARTS) is 1. The second-order valence-electron chi connectivity index (χ2n) is 2.73. The molecule has 0 aliphatic heterocycles. The molecule has 0 atom stereocenters. The summed E-state index contributed by atoms with van der Waals surface area (Å²) in [5.74, 6) is -0.419. The van der Waals surface area contributed by atoms with E-state index in [1.165, 1.54) is 11.8 Å². The largest absolute Gasteiger partial charge is 0.478 e. The fourth-order valence-corrected chi connectivity index (χ4v) is 1.88. The highest BCUT2D eigenvalue weighted by Crippen LogP contribution is 2.27. The van der Waals surface area contributed by atoms with Gasteiger partial charge in [0.15, 0.2) is 0 Å². The standard InChI is InChI=1S/C9H10ClNO2S/c1-14-4-5-2-3-6(10)8(11)7(5)9(12)13/h2-3H,4,11H2,1H3,(H,12,13). The summed E-state index contributed by atoms with van der Waals surface area (Å²) in [6.45, 7) is 0. The van der Waals surface area contributed by atoms with Gasteiger partial charge in [-0.3, -0.25) is 0 Å². The number of carboxylic acids is 1. The maximum atomic E-state index is 10.9. The molecular weight excluding hydrogens is 222 g/mol. The highest BCUT2D eigenvalue weighted by molar-refractivity contribution is 7.97. The number of benzene rings is 1. The van der Waals surface area contributed by atoms with Crippen LogP contribution in [0, 0.1) is 0 Å².